The lowest BCUT2D eigenvalue weighted by atomic mass is 9.93. The Labute approximate surface area is 125 Å². The first-order valence-electron chi connectivity index (χ1n) is 8.10. The van der Waals surface area contributed by atoms with E-state index in [2.05, 4.69) is 10.2 Å². The summed E-state index contributed by atoms with van der Waals surface area (Å²) in [6.45, 7) is 1.85. The highest BCUT2D eigenvalue weighted by Gasteiger charge is 2.42. The number of nitrogens with one attached hydrogen (secondary N) is 1. The fraction of sp³-hybridized carbons (Fsp3) is 0.588. The van der Waals surface area contributed by atoms with Crippen LogP contribution in [0.1, 0.15) is 42.5 Å². The normalized spacial score (nSPS) is 27.8. The van der Waals surface area contributed by atoms with Crippen LogP contribution in [0.25, 0.3) is 0 Å². The Hall–Kier alpha value is -1.55. The van der Waals surface area contributed by atoms with Crippen molar-refractivity contribution in [3.63, 3.8) is 0 Å². The maximum atomic E-state index is 12.2. The molecule has 1 aliphatic heterocycles. The molecule has 1 aromatic carbocycles. The minimum atomic E-state index is -0.000235. The lowest BCUT2D eigenvalue weighted by molar-refractivity contribution is 0.0946. The monoisotopic (exact) mass is 286 g/mol. The highest BCUT2D eigenvalue weighted by Crippen LogP contribution is 2.34. The molecular weight excluding hydrogens is 264 g/mol. The van der Waals surface area contributed by atoms with E-state index in [0.717, 1.165) is 31.2 Å². The molecule has 3 fully saturated rings. The van der Waals surface area contributed by atoms with Gasteiger partial charge in [0.05, 0.1) is 11.6 Å². The number of rotatable bonds is 6. The van der Waals surface area contributed by atoms with Crippen molar-refractivity contribution < 1.29 is 9.53 Å². The van der Waals surface area contributed by atoms with Crippen molar-refractivity contribution in [1.82, 2.24) is 10.2 Å². The predicted molar refractivity (Wildman–Crippen MR) is 80.6 cm³/mol. The predicted octanol–water partition coefficient (Wildman–Crippen LogP) is 2.19. The van der Waals surface area contributed by atoms with Gasteiger partial charge in [0.2, 0.25) is 0 Å². The van der Waals surface area contributed by atoms with Crippen LogP contribution >= 0.6 is 0 Å². The summed E-state index contributed by atoms with van der Waals surface area (Å²) in [4.78, 5) is 14.7. The van der Waals surface area contributed by atoms with Crippen molar-refractivity contribution >= 4 is 5.91 Å². The average Bonchev–Trinajstić information content (AvgIpc) is 3.33. The fourth-order valence-corrected chi connectivity index (χ4v) is 2.97. The van der Waals surface area contributed by atoms with E-state index < -0.39 is 0 Å². The maximum absolute atomic E-state index is 12.2. The SMILES string of the molecule is O=C(NC1CC1)c1ccccc1OCC1CN1C1CCC1. The second-order valence-corrected chi connectivity index (χ2v) is 6.49. The summed E-state index contributed by atoms with van der Waals surface area (Å²) in [6, 6.07) is 9.30. The zero-order valence-corrected chi connectivity index (χ0v) is 12.3. The van der Waals surface area contributed by atoms with Gasteiger partial charge in [-0.2, -0.15) is 0 Å². The minimum Gasteiger partial charge on any atom is -0.491 e. The van der Waals surface area contributed by atoms with Crippen LogP contribution in [-0.2, 0) is 0 Å². The first-order valence-corrected chi connectivity index (χ1v) is 8.10. The van der Waals surface area contributed by atoms with Gasteiger partial charge in [0, 0.05) is 18.6 Å². The van der Waals surface area contributed by atoms with E-state index in [1.54, 1.807) is 0 Å². The summed E-state index contributed by atoms with van der Waals surface area (Å²) in [5, 5.41) is 3.03. The molecule has 0 spiro atoms. The number of nitrogens with zero attached hydrogens (tertiary/aromatic N) is 1. The van der Waals surface area contributed by atoms with Crippen LogP contribution in [0.2, 0.25) is 0 Å². The first-order chi connectivity index (χ1) is 10.3. The second kappa shape index (κ2) is 5.34. The molecule has 1 heterocycles. The van der Waals surface area contributed by atoms with Gasteiger partial charge in [-0.05, 0) is 37.8 Å². The Morgan fingerprint density at radius 2 is 2.05 bits per heavy atom. The van der Waals surface area contributed by atoms with E-state index in [0.29, 0.717) is 24.3 Å². The van der Waals surface area contributed by atoms with E-state index in [1.807, 2.05) is 24.3 Å². The van der Waals surface area contributed by atoms with Crippen molar-refractivity contribution in [1.29, 1.82) is 0 Å². The Bertz CT molecular complexity index is 537. The first kappa shape index (κ1) is 13.1. The summed E-state index contributed by atoms with van der Waals surface area (Å²) < 4.78 is 5.93. The van der Waals surface area contributed by atoms with E-state index >= 15 is 0 Å². The summed E-state index contributed by atoms with van der Waals surface area (Å²) in [5.41, 5.74) is 0.667. The van der Waals surface area contributed by atoms with Crippen LogP contribution in [0.3, 0.4) is 0 Å². The molecule has 21 heavy (non-hydrogen) atoms. The van der Waals surface area contributed by atoms with Gasteiger partial charge in [-0.1, -0.05) is 18.6 Å². The van der Waals surface area contributed by atoms with Crippen molar-refractivity contribution in [3.8, 4) is 5.75 Å². The smallest absolute Gasteiger partial charge is 0.255 e. The summed E-state index contributed by atoms with van der Waals surface area (Å²) >= 11 is 0. The Balaban J connectivity index is 1.34. The highest BCUT2D eigenvalue weighted by atomic mass is 16.5. The number of carbonyl (C=O) groups is 1. The van der Waals surface area contributed by atoms with E-state index in [4.69, 9.17) is 4.74 Å². The molecule has 1 N–H and O–H groups in total. The molecule has 4 nitrogen and oxygen atoms in total. The third-order valence-electron chi connectivity index (χ3n) is 4.78. The van der Waals surface area contributed by atoms with Gasteiger partial charge in [0.25, 0.3) is 5.91 Å². The zero-order chi connectivity index (χ0) is 14.2. The molecule has 0 radical (unpaired) electrons. The van der Waals surface area contributed by atoms with Crippen molar-refractivity contribution in [2.75, 3.05) is 13.2 Å². The van der Waals surface area contributed by atoms with Gasteiger partial charge in [0.15, 0.2) is 0 Å². The highest BCUT2D eigenvalue weighted by molar-refractivity contribution is 5.97. The van der Waals surface area contributed by atoms with Crippen LogP contribution in [0, 0.1) is 0 Å². The molecule has 2 atom stereocenters. The molecule has 1 aromatic rings. The lowest BCUT2D eigenvalue weighted by Gasteiger charge is -2.27. The summed E-state index contributed by atoms with van der Waals surface area (Å²) in [5.74, 6) is 0.718. The molecule has 2 aliphatic carbocycles. The molecule has 2 saturated carbocycles. The molecule has 112 valence electrons. The third-order valence-corrected chi connectivity index (χ3v) is 4.78. The van der Waals surface area contributed by atoms with Gasteiger partial charge in [-0.25, -0.2) is 0 Å². The van der Waals surface area contributed by atoms with Gasteiger partial charge in [-0.3, -0.25) is 9.69 Å². The number of ether oxygens (including phenoxy) is 1. The van der Waals surface area contributed by atoms with Crippen LogP contribution in [-0.4, -0.2) is 42.1 Å². The molecule has 2 unspecified atom stereocenters. The number of para-hydroxylation sites is 1. The quantitative estimate of drug-likeness (QED) is 0.815. The second-order valence-electron chi connectivity index (χ2n) is 6.49. The van der Waals surface area contributed by atoms with Crippen molar-refractivity contribution in [2.45, 2.75) is 50.2 Å². The van der Waals surface area contributed by atoms with Gasteiger partial charge >= 0.3 is 0 Å². The zero-order valence-electron chi connectivity index (χ0n) is 12.3. The Morgan fingerprint density at radius 3 is 2.76 bits per heavy atom. The number of hydrogen-bond donors (Lipinski definition) is 1. The fourth-order valence-electron chi connectivity index (χ4n) is 2.97. The maximum Gasteiger partial charge on any atom is 0.255 e. The van der Waals surface area contributed by atoms with E-state index in [-0.39, 0.29) is 5.91 Å². The number of benzene rings is 1. The van der Waals surface area contributed by atoms with Gasteiger partial charge < -0.3 is 10.1 Å². The summed E-state index contributed by atoms with van der Waals surface area (Å²) in [6.07, 6.45) is 6.27. The van der Waals surface area contributed by atoms with Gasteiger partial charge in [0.1, 0.15) is 12.4 Å². The van der Waals surface area contributed by atoms with Gasteiger partial charge in [-0.15, -0.1) is 0 Å². The molecule has 0 aromatic heterocycles. The van der Waals surface area contributed by atoms with E-state index in [9.17, 15) is 4.79 Å². The van der Waals surface area contributed by atoms with E-state index in [1.165, 1.54) is 19.3 Å². The minimum absolute atomic E-state index is 0.000235. The molecule has 4 heteroatoms. The average molecular weight is 286 g/mol. The largest absolute Gasteiger partial charge is 0.491 e. The van der Waals surface area contributed by atoms with Crippen LogP contribution < -0.4 is 10.1 Å². The third kappa shape index (κ3) is 2.91. The molecule has 1 amide bonds. The Morgan fingerprint density at radius 1 is 1.24 bits per heavy atom. The Kier molecular flexibility index (Phi) is 3.34. The molecule has 0 bridgehead atoms. The number of amides is 1. The number of hydrogen-bond acceptors (Lipinski definition) is 3. The standard InChI is InChI=1S/C17H22N2O2/c20-17(18-12-8-9-12)15-6-1-2-7-16(15)21-11-14-10-19(14)13-4-3-5-13/h1-2,6-7,12-14H,3-5,8-11H2,(H,18,20). The summed E-state index contributed by atoms with van der Waals surface area (Å²) in [7, 11) is 0. The topological polar surface area (TPSA) is 41.3 Å². The van der Waals surface area contributed by atoms with Crippen LogP contribution in [0.4, 0.5) is 0 Å². The molecule has 1 saturated heterocycles. The van der Waals surface area contributed by atoms with Crippen LogP contribution in [0.5, 0.6) is 5.75 Å². The van der Waals surface area contributed by atoms with Crippen molar-refractivity contribution in [3.05, 3.63) is 29.8 Å². The molecule has 4 rings (SSSR count). The van der Waals surface area contributed by atoms with Crippen molar-refractivity contribution in [2.24, 2.45) is 0 Å². The number of carbonyl (C=O) groups excluding carboxylic acids is 1. The lowest BCUT2D eigenvalue weighted by Crippen LogP contribution is -2.29. The molecular formula is C17H22N2O2. The molecule has 3 aliphatic rings. The van der Waals surface area contributed by atoms with Crippen LogP contribution in [0.15, 0.2) is 24.3 Å².